The van der Waals surface area contributed by atoms with Crippen molar-refractivity contribution in [2.24, 2.45) is 0 Å². The number of imide groups is 1. The Balaban J connectivity index is 1.45. The highest BCUT2D eigenvalue weighted by Crippen LogP contribution is 2.35. The van der Waals surface area contributed by atoms with Crippen molar-refractivity contribution in [2.45, 2.75) is 13.2 Å². The summed E-state index contributed by atoms with van der Waals surface area (Å²) in [5.41, 5.74) is 2.47. The first-order valence-corrected chi connectivity index (χ1v) is 12.8. The van der Waals surface area contributed by atoms with E-state index in [1.165, 1.54) is 4.90 Å². The van der Waals surface area contributed by atoms with Gasteiger partial charge in [0.1, 0.15) is 12.4 Å². The smallest absolute Gasteiger partial charge is 0.293 e. The molecule has 168 valence electrons. The zero-order valence-corrected chi connectivity index (χ0v) is 22.4. The molecule has 33 heavy (non-hydrogen) atoms. The molecular formula is C24H15Br2Cl2NO3S. The maximum Gasteiger partial charge on any atom is 0.293 e. The van der Waals surface area contributed by atoms with Crippen LogP contribution in [0.5, 0.6) is 5.75 Å². The summed E-state index contributed by atoms with van der Waals surface area (Å²) in [6, 6.07) is 18.2. The quantitative estimate of drug-likeness (QED) is 0.258. The SMILES string of the molecule is O=C1S/C(=C\c2ccc(OCc3ccc(Cl)cc3Cl)c(Br)c2)C(=O)N1Cc1ccc(Br)cc1. The second-order valence-corrected chi connectivity index (χ2v) is 10.7. The van der Waals surface area contributed by atoms with Gasteiger partial charge in [-0.05, 0) is 81.3 Å². The van der Waals surface area contributed by atoms with E-state index in [-0.39, 0.29) is 24.3 Å². The summed E-state index contributed by atoms with van der Waals surface area (Å²) in [6.07, 6.45) is 1.71. The van der Waals surface area contributed by atoms with Gasteiger partial charge in [0.05, 0.1) is 15.9 Å². The highest BCUT2D eigenvalue weighted by molar-refractivity contribution is 9.10. The average Bonchev–Trinajstić information content (AvgIpc) is 3.03. The van der Waals surface area contributed by atoms with Gasteiger partial charge in [0.2, 0.25) is 0 Å². The molecule has 0 saturated carbocycles. The zero-order chi connectivity index (χ0) is 23.5. The molecule has 1 fully saturated rings. The van der Waals surface area contributed by atoms with Gasteiger partial charge in [0.25, 0.3) is 11.1 Å². The number of nitrogens with zero attached hydrogens (tertiary/aromatic N) is 1. The average molecular weight is 628 g/mol. The van der Waals surface area contributed by atoms with Crippen LogP contribution in [0.15, 0.2) is 74.5 Å². The van der Waals surface area contributed by atoms with E-state index in [4.69, 9.17) is 27.9 Å². The van der Waals surface area contributed by atoms with Gasteiger partial charge in [-0.15, -0.1) is 0 Å². The molecule has 0 spiro atoms. The molecule has 3 aromatic rings. The predicted molar refractivity (Wildman–Crippen MR) is 141 cm³/mol. The number of carbonyl (C=O) groups is 2. The third kappa shape index (κ3) is 6.03. The summed E-state index contributed by atoms with van der Waals surface area (Å²) in [4.78, 5) is 26.9. The first-order valence-electron chi connectivity index (χ1n) is 9.66. The Hall–Kier alpha value is -1.77. The molecule has 0 radical (unpaired) electrons. The number of hydrogen-bond donors (Lipinski definition) is 0. The van der Waals surface area contributed by atoms with Crippen molar-refractivity contribution in [3.63, 3.8) is 0 Å². The molecule has 0 bridgehead atoms. The van der Waals surface area contributed by atoms with Crippen LogP contribution in [0, 0.1) is 0 Å². The minimum atomic E-state index is -0.304. The van der Waals surface area contributed by atoms with E-state index in [1.54, 1.807) is 24.3 Å². The summed E-state index contributed by atoms with van der Waals surface area (Å²) in [5.74, 6) is 0.322. The molecule has 4 nitrogen and oxygen atoms in total. The van der Waals surface area contributed by atoms with Gasteiger partial charge in [-0.2, -0.15) is 0 Å². The minimum Gasteiger partial charge on any atom is -0.488 e. The topological polar surface area (TPSA) is 46.6 Å². The molecule has 3 aromatic carbocycles. The lowest BCUT2D eigenvalue weighted by Crippen LogP contribution is -2.27. The van der Waals surface area contributed by atoms with E-state index >= 15 is 0 Å². The molecule has 9 heteroatoms. The van der Waals surface area contributed by atoms with Crippen LogP contribution in [0.25, 0.3) is 6.08 Å². The standard InChI is InChI=1S/C24H15Br2Cl2NO3S/c25-17-5-1-14(2-6-17)12-29-23(30)22(33-24(29)31)10-15-3-8-21(19(26)9-15)32-13-16-4-7-18(27)11-20(16)28/h1-11H,12-13H2/b22-10-. The van der Waals surface area contributed by atoms with E-state index in [2.05, 4.69) is 31.9 Å². The molecule has 2 amide bonds. The Morgan fingerprint density at radius 3 is 2.42 bits per heavy atom. The van der Waals surface area contributed by atoms with E-state index < -0.39 is 0 Å². The molecule has 0 atom stereocenters. The Morgan fingerprint density at radius 2 is 1.73 bits per heavy atom. The van der Waals surface area contributed by atoms with Crippen molar-refractivity contribution in [1.29, 1.82) is 0 Å². The number of benzene rings is 3. The van der Waals surface area contributed by atoms with Gasteiger partial charge < -0.3 is 4.74 Å². The van der Waals surface area contributed by atoms with Crippen molar-refractivity contribution in [3.05, 3.63) is 101 Å². The van der Waals surface area contributed by atoms with Crippen molar-refractivity contribution < 1.29 is 14.3 Å². The van der Waals surface area contributed by atoms with E-state index in [1.807, 2.05) is 42.5 Å². The summed E-state index contributed by atoms with van der Waals surface area (Å²) in [7, 11) is 0. The van der Waals surface area contributed by atoms with Crippen LogP contribution in [0.2, 0.25) is 10.0 Å². The summed E-state index contributed by atoms with van der Waals surface area (Å²) >= 11 is 20.0. The Morgan fingerprint density at radius 1 is 0.970 bits per heavy atom. The molecule has 1 aliphatic rings. The second kappa shape index (κ2) is 10.7. The monoisotopic (exact) mass is 625 g/mol. The van der Waals surface area contributed by atoms with Gasteiger partial charge >= 0.3 is 0 Å². The van der Waals surface area contributed by atoms with Crippen LogP contribution in [0.4, 0.5) is 4.79 Å². The van der Waals surface area contributed by atoms with Crippen LogP contribution < -0.4 is 4.74 Å². The van der Waals surface area contributed by atoms with Crippen molar-refractivity contribution in [1.82, 2.24) is 4.90 Å². The third-order valence-corrected chi connectivity index (χ3v) is 7.42. The molecule has 0 N–H and O–H groups in total. The summed E-state index contributed by atoms with van der Waals surface area (Å²) in [6.45, 7) is 0.516. The molecule has 1 heterocycles. The first kappa shape index (κ1) is 24.4. The number of hydrogen-bond acceptors (Lipinski definition) is 4. The molecule has 0 aliphatic carbocycles. The van der Waals surface area contributed by atoms with Crippen LogP contribution >= 0.6 is 66.8 Å². The number of halogens is 4. The summed E-state index contributed by atoms with van der Waals surface area (Å²) < 4.78 is 7.52. The number of ether oxygens (including phenoxy) is 1. The number of amides is 2. The zero-order valence-electron chi connectivity index (χ0n) is 16.9. The van der Waals surface area contributed by atoms with Gasteiger partial charge in [-0.25, -0.2) is 0 Å². The van der Waals surface area contributed by atoms with Crippen LogP contribution in [0.3, 0.4) is 0 Å². The fourth-order valence-electron chi connectivity index (χ4n) is 3.08. The third-order valence-electron chi connectivity index (χ3n) is 4.78. The van der Waals surface area contributed by atoms with Crippen LogP contribution in [0.1, 0.15) is 16.7 Å². The molecule has 0 unspecified atom stereocenters. The lowest BCUT2D eigenvalue weighted by Gasteiger charge is -2.12. The second-order valence-electron chi connectivity index (χ2n) is 7.11. The van der Waals surface area contributed by atoms with Gasteiger partial charge in [-0.1, -0.05) is 63.4 Å². The van der Waals surface area contributed by atoms with E-state index in [0.29, 0.717) is 20.7 Å². The highest BCUT2D eigenvalue weighted by Gasteiger charge is 2.35. The summed E-state index contributed by atoms with van der Waals surface area (Å²) in [5, 5.41) is 0.817. The lowest BCUT2D eigenvalue weighted by atomic mass is 10.2. The van der Waals surface area contributed by atoms with E-state index in [0.717, 1.165) is 37.4 Å². The molecule has 1 saturated heterocycles. The maximum absolute atomic E-state index is 12.8. The highest BCUT2D eigenvalue weighted by atomic mass is 79.9. The number of rotatable bonds is 6. The van der Waals surface area contributed by atoms with Crippen molar-refractivity contribution >= 4 is 84.0 Å². The maximum atomic E-state index is 12.8. The first-order chi connectivity index (χ1) is 15.8. The Kier molecular flexibility index (Phi) is 7.87. The minimum absolute atomic E-state index is 0.235. The predicted octanol–water partition coefficient (Wildman–Crippen LogP) is 8.33. The van der Waals surface area contributed by atoms with E-state index in [9.17, 15) is 9.59 Å². The fourth-order valence-corrected chi connectivity index (χ4v) is 5.15. The number of thioether (sulfide) groups is 1. The molecule has 1 aliphatic heterocycles. The van der Waals surface area contributed by atoms with Crippen molar-refractivity contribution in [2.75, 3.05) is 0 Å². The fraction of sp³-hybridized carbons (Fsp3) is 0.0833. The van der Waals surface area contributed by atoms with Gasteiger partial charge in [0, 0.05) is 20.1 Å². The molecule has 4 rings (SSSR count). The molecular weight excluding hydrogens is 613 g/mol. The largest absolute Gasteiger partial charge is 0.488 e. The van der Waals surface area contributed by atoms with Gasteiger partial charge in [0.15, 0.2) is 0 Å². The lowest BCUT2D eigenvalue weighted by molar-refractivity contribution is -0.123. The number of carbonyl (C=O) groups excluding carboxylic acids is 2. The Bertz CT molecular complexity index is 1270. The van der Waals surface area contributed by atoms with Crippen LogP contribution in [-0.4, -0.2) is 16.0 Å². The Labute approximate surface area is 222 Å². The normalized spacial score (nSPS) is 14.9. The van der Waals surface area contributed by atoms with Crippen molar-refractivity contribution in [3.8, 4) is 5.75 Å². The molecule has 0 aromatic heterocycles. The van der Waals surface area contributed by atoms with Crippen LogP contribution in [-0.2, 0) is 17.9 Å². The van der Waals surface area contributed by atoms with Gasteiger partial charge in [-0.3, -0.25) is 14.5 Å².